The molecule has 0 saturated carbocycles. The molecule has 0 nitrogen and oxygen atoms in total. The molecule has 0 aliphatic heterocycles. The first-order valence-electron chi connectivity index (χ1n) is 10.4. The van der Waals surface area contributed by atoms with Crippen LogP contribution in [-0.4, -0.2) is 4.75 Å². The lowest BCUT2D eigenvalue weighted by atomic mass is 9.78. The van der Waals surface area contributed by atoms with Crippen molar-refractivity contribution in [3.05, 3.63) is 30.5 Å². The Bertz CT molecular complexity index is 414. The molecule has 146 valence electrons. The standard InChI is InChI=1S/C24H44S/c1-9-11-12-13-14-20(4)17-23(7)24(8,25)18-22(6)21(5)16-15-19(3)10-2/h11,15-16,19-23,25H,1,10,12-14,17-18H2,2-8H3. The summed E-state index contributed by atoms with van der Waals surface area (Å²) in [4.78, 5) is 0. The molecule has 0 aromatic heterocycles. The van der Waals surface area contributed by atoms with Crippen molar-refractivity contribution in [3.8, 4) is 0 Å². The average Bonchev–Trinajstić information content (AvgIpc) is 2.55. The van der Waals surface area contributed by atoms with E-state index in [0.29, 0.717) is 23.7 Å². The molecule has 0 radical (unpaired) electrons. The lowest BCUT2D eigenvalue weighted by Crippen LogP contribution is -2.31. The number of unbranched alkanes of at least 4 members (excludes halogenated alkanes) is 1. The SMILES string of the molecule is C=C=CCCCC(C)CC(C)C(C)(S)CC(C)C(C)C=CC(C)CC. The van der Waals surface area contributed by atoms with Crippen LogP contribution in [-0.2, 0) is 0 Å². The quantitative estimate of drug-likeness (QED) is 0.145. The van der Waals surface area contributed by atoms with Crippen LogP contribution in [0, 0.1) is 29.6 Å². The van der Waals surface area contributed by atoms with Crippen molar-refractivity contribution < 1.29 is 0 Å². The molecule has 6 atom stereocenters. The molecule has 0 aromatic carbocycles. The van der Waals surface area contributed by atoms with E-state index in [4.69, 9.17) is 12.6 Å². The van der Waals surface area contributed by atoms with Crippen molar-refractivity contribution in [1.82, 2.24) is 0 Å². The lowest BCUT2D eigenvalue weighted by Gasteiger charge is -2.36. The maximum Gasteiger partial charge on any atom is 0.0130 e. The average molecular weight is 365 g/mol. The Hall–Kier alpha value is -0.390. The van der Waals surface area contributed by atoms with Gasteiger partial charge in [0.2, 0.25) is 0 Å². The van der Waals surface area contributed by atoms with Gasteiger partial charge in [0.1, 0.15) is 0 Å². The molecule has 0 heterocycles. The highest BCUT2D eigenvalue weighted by Crippen LogP contribution is 2.38. The second-order valence-electron chi connectivity index (χ2n) is 8.75. The number of allylic oxidation sites excluding steroid dienone is 3. The highest BCUT2D eigenvalue weighted by Gasteiger charge is 2.31. The Balaban J connectivity index is 4.47. The summed E-state index contributed by atoms with van der Waals surface area (Å²) in [5.41, 5.74) is 2.87. The molecule has 0 aliphatic carbocycles. The second kappa shape index (κ2) is 12.9. The first-order chi connectivity index (χ1) is 11.6. The van der Waals surface area contributed by atoms with E-state index < -0.39 is 0 Å². The first kappa shape index (κ1) is 24.6. The van der Waals surface area contributed by atoms with Gasteiger partial charge in [-0.1, -0.05) is 80.0 Å². The van der Waals surface area contributed by atoms with Gasteiger partial charge in [-0.05, 0) is 61.3 Å². The molecule has 0 N–H and O–H groups in total. The minimum atomic E-state index is 0.104. The molecule has 0 fully saturated rings. The van der Waals surface area contributed by atoms with Crippen LogP contribution in [0.25, 0.3) is 0 Å². The fraction of sp³-hybridized carbons (Fsp3) is 0.792. The number of rotatable bonds is 13. The van der Waals surface area contributed by atoms with E-state index in [1.165, 1.54) is 32.1 Å². The molecule has 25 heavy (non-hydrogen) atoms. The summed E-state index contributed by atoms with van der Waals surface area (Å²) >= 11 is 5.09. The molecule has 1 heteroatoms. The summed E-state index contributed by atoms with van der Waals surface area (Å²) in [6, 6.07) is 0. The van der Waals surface area contributed by atoms with Crippen LogP contribution in [0.1, 0.15) is 87.0 Å². The van der Waals surface area contributed by atoms with Gasteiger partial charge in [-0.15, -0.1) is 5.73 Å². The summed E-state index contributed by atoms with van der Waals surface area (Å²) < 4.78 is 0.104. The van der Waals surface area contributed by atoms with Crippen LogP contribution in [0.4, 0.5) is 0 Å². The van der Waals surface area contributed by atoms with Crippen LogP contribution < -0.4 is 0 Å². The van der Waals surface area contributed by atoms with Crippen LogP contribution in [0.3, 0.4) is 0 Å². The van der Waals surface area contributed by atoms with Gasteiger partial charge < -0.3 is 0 Å². The van der Waals surface area contributed by atoms with Gasteiger partial charge in [-0.25, -0.2) is 0 Å². The Labute approximate surface area is 164 Å². The van der Waals surface area contributed by atoms with E-state index in [2.05, 4.69) is 79.0 Å². The van der Waals surface area contributed by atoms with E-state index in [1.807, 2.05) is 0 Å². The number of hydrogen-bond acceptors (Lipinski definition) is 1. The van der Waals surface area contributed by atoms with E-state index in [9.17, 15) is 0 Å². The maximum atomic E-state index is 5.09. The number of hydrogen-bond donors (Lipinski definition) is 1. The topological polar surface area (TPSA) is 0 Å². The van der Waals surface area contributed by atoms with E-state index >= 15 is 0 Å². The highest BCUT2D eigenvalue weighted by molar-refractivity contribution is 7.81. The van der Waals surface area contributed by atoms with Gasteiger partial charge in [0.15, 0.2) is 0 Å². The van der Waals surface area contributed by atoms with Crippen molar-refractivity contribution in [2.45, 2.75) is 91.7 Å². The van der Waals surface area contributed by atoms with Gasteiger partial charge in [0, 0.05) is 4.75 Å². The molecule has 0 spiro atoms. The second-order valence-corrected chi connectivity index (χ2v) is 9.77. The number of thiol groups is 1. The summed E-state index contributed by atoms with van der Waals surface area (Å²) in [6.07, 6.45) is 14.2. The van der Waals surface area contributed by atoms with Crippen LogP contribution in [0.15, 0.2) is 30.5 Å². The van der Waals surface area contributed by atoms with Crippen LogP contribution in [0.5, 0.6) is 0 Å². The van der Waals surface area contributed by atoms with Gasteiger partial charge in [0.25, 0.3) is 0 Å². The molecule has 0 amide bonds. The molecular formula is C24H44S. The zero-order valence-electron chi connectivity index (χ0n) is 18.0. The van der Waals surface area contributed by atoms with Crippen molar-refractivity contribution in [2.24, 2.45) is 29.6 Å². The Morgan fingerprint density at radius 1 is 1.12 bits per heavy atom. The highest BCUT2D eigenvalue weighted by atomic mass is 32.1. The third-order valence-corrected chi connectivity index (χ3v) is 6.65. The smallest absolute Gasteiger partial charge is 0.0130 e. The summed E-state index contributed by atoms with van der Waals surface area (Å²) in [5.74, 6) is 3.37. The predicted octanol–water partition coefficient (Wildman–Crippen LogP) is 8.11. The zero-order chi connectivity index (χ0) is 19.5. The van der Waals surface area contributed by atoms with E-state index in [0.717, 1.165) is 12.3 Å². The molecule has 0 aromatic rings. The Kier molecular flexibility index (Phi) is 12.7. The molecule has 0 saturated heterocycles. The molecule has 0 bridgehead atoms. The zero-order valence-corrected chi connectivity index (χ0v) is 18.9. The maximum absolute atomic E-state index is 5.09. The van der Waals surface area contributed by atoms with Gasteiger partial charge in [-0.2, -0.15) is 12.6 Å². The molecule has 6 unspecified atom stereocenters. The van der Waals surface area contributed by atoms with Crippen molar-refractivity contribution >= 4 is 12.6 Å². The predicted molar refractivity (Wildman–Crippen MR) is 119 cm³/mol. The molecule has 0 aliphatic rings. The van der Waals surface area contributed by atoms with Gasteiger partial charge in [-0.3, -0.25) is 0 Å². The summed E-state index contributed by atoms with van der Waals surface area (Å²) in [7, 11) is 0. The van der Waals surface area contributed by atoms with Crippen molar-refractivity contribution in [3.63, 3.8) is 0 Å². The van der Waals surface area contributed by atoms with E-state index in [-0.39, 0.29) is 4.75 Å². The normalized spacial score (nSPS) is 20.3. The Morgan fingerprint density at radius 2 is 1.76 bits per heavy atom. The summed E-state index contributed by atoms with van der Waals surface area (Å²) in [6.45, 7) is 20.0. The van der Waals surface area contributed by atoms with Crippen LogP contribution >= 0.6 is 12.6 Å². The van der Waals surface area contributed by atoms with Gasteiger partial charge >= 0.3 is 0 Å². The molecule has 0 rings (SSSR count). The Morgan fingerprint density at radius 3 is 2.32 bits per heavy atom. The van der Waals surface area contributed by atoms with E-state index in [1.54, 1.807) is 0 Å². The van der Waals surface area contributed by atoms with Crippen LogP contribution in [0.2, 0.25) is 0 Å². The summed E-state index contributed by atoms with van der Waals surface area (Å²) in [5, 5.41) is 0. The van der Waals surface area contributed by atoms with Gasteiger partial charge in [0.05, 0.1) is 0 Å². The van der Waals surface area contributed by atoms with Crippen molar-refractivity contribution in [2.75, 3.05) is 0 Å². The molecular weight excluding hydrogens is 320 g/mol. The fourth-order valence-corrected chi connectivity index (χ4v) is 3.77. The van der Waals surface area contributed by atoms with Crippen molar-refractivity contribution in [1.29, 1.82) is 0 Å². The minimum absolute atomic E-state index is 0.104. The monoisotopic (exact) mass is 364 g/mol. The largest absolute Gasteiger partial charge is 0.173 e. The minimum Gasteiger partial charge on any atom is -0.173 e. The lowest BCUT2D eigenvalue weighted by molar-refractivity contribution is 0.275. The third kappa shape index (κ3) is 11.0. The fourth-order valence-electron chi connectivity index (χ4n) is 3.38. The third-order valence-electron chi connectivity index (χ3n) is 6.03. The first-order valence-corrected chi connectivity index (χ1v) is 10.8.